The summed E-state index contributed by atoms with van der Waals surface area (Å²) in [7, 11) is -1.17. The molecule has 0 spiro atoms. The van der Waals surface area contributed by atoms with Crippen molar-refractivity contribution >= 4 is 15.8 Å². The van der Waals surface area contributed by atoms with Crippen molar-refractivity contribution < 1.29 is 8.42 Å². The molecule has 0 saturated carbocycles. The van der Waals surface area contributed by atoms with Crippen LogP contribution in [0.2, 0.25) is 0 Å². The predicted molar refractivity (Wildman–Crippen MR) is 95.6 cm³/mol. The first-order valence-electron chi connectivity index (χ1n) is 8.14. The molecule has 0 bridgehead atoms. The first-order valence-corrected chi connectivity index (χ1v) is 9.96. The lowest BCUT2D eigenvalue weighted by Gasteiger charge is -2.24. The molecule has 0 aliphatic carbocycles. The van der Waals surface area contributed by atoms with Crippen LogP contribution in [0, 0.1) is 5.92 Å². The van der Waals surface area contributed by atoms with Gasteiger partial charge in [0.2, 0.25) is 0 Å². The number of nitrogens with one attached hydrogen (secondary N) is 2. The number of rotatable bonds is 5. The molecule has 1 aliphatic heterocycles. The zero-order valence-corrected chi connectivity index (χ0v) is 14.9. The molecule has 2 atom stereocenters. The highest BCUT2D eigenvalue weighted by atomic mass is 32.2. The Bertz CT molecular complexity index is 626. The number of aliphatic imine (C=N–C) groups is 1. The van der Waals surface area contributed by atoms with Gasteiger partial charge in [-0.2, -0.15) is 0 Å². The van der Waals surface area contributed by atoms with E-state index in [2.05, 4.69) is 53.7 Å². The van der Waals surface area contributed by atoms with Gasteiger partial charge in [-0.25, -0.2) is 8.42 Å². The fraction of sp³-hybridized carbons (Fsp3) is 0.588. The van der Waals surface area contributed by atoms with Crippen LogP contribution in [-0.2, 0) is 9.84 Å². The fourth-order valence-electron chi connectivity index (χ4n) is 2.94. The number of sulfone groups is 1. The van der Waals surface area contributed by atoms with Crippen molar-refractivity contribution in [2.24, 2.45) is 10.9 Å². The highest BCUT2D eigenvalue weighted by Gasteiger charge is 2.28. The average Bonchev–Trinajstić information content (AvgIpc) is 2.86. The minimum absolute atomic E-state index is 0.0413. The van der Waals surface area contributed by atoms with Crippen LogP contribution in [0.3, 0.4) is 0 Å². The number of guanidine groups is 1. The lowest BCUT2D eigenvalue weighted by Crippen LogP contribution is -2.45. The second-order valence-electron chi connectivity index (χ2n) is 6.46. The van der Waals surface area contributed by atoms with Gasteiger partial charge in [-0.05, 0) is 17.9 Å². The van der Waals surface area contributed by atoms with Crippen molar-refractivity contribution in [1.29, 1.82) is 0 Å². The standard InChI is InChI=1S/C17H27N3O2S/c1-13(2)16(14-7-5-4-6-8-14)11-19-17(18-3)20-15-9-10-23(21,22)12-15/h4-8,13,15-16H,9-12H2,1-3H3,(H2,18,19,20). The van der Waals surface area contributed by atoms with Gasteiger partial charge in [-0.3, -0.25) is 4.99 Å². The molecule has 2 N–H and O–H groups in total. The summed E-state index contributed by atoms with van der Waals surface area (Å²) in [6.45, 7) is 5.18. The van der Waals surface area contributed by atoms with Gasteiger partial charge in [0, 0.05) is 25.6 Å². The Morgan fingerprint density at radius 2 is 2.00 bits per heavy atom. The third-order valence-corrected chi connectivity index (χ3v) is 6.09. The van der Waals surface area contributed by atoms with Crippen molar-refractivity contribution in [3.8, 4) is 0 Å². The Kier molecular flexibility index (Phi) is 6.04. The smallest absolute Gasteiger partial charge is 0.191 e. The lowest BCUT2D eigenvalue weighted by molar-refractivity contribution is 0.486. The van der Waals surface area contributed by atoms with E-state index in [0.29, 0.717) is 24.2 Å². The van der Waals surface area contributed by atoms with Gasteiger partial charge in [0.05, 0.1) is 11.5 Å². The molecule has 6 heteroatoms. The molecule has 2 rings (SSSR count). The van der Waals surface area contributed by atoms with Gasteiger partial charge in [0.1, 0.15) is 0 Å². The summed E-state index contributed by atoms with van der Waals surface area (Å²) in [5.74, 6) is 2.01. The van der Waals surface area contributed by atoms with E-state index < -0.39 is 9.84 Å². The summed E-state index contributed by atoms with van der Waals surface area (Å²) >= 11 is 0. The van der Waals surface area contributed by atoms with Crippen LogP contribution >= 0.6 is 0 Å². The maximum absolute atomic E-state index is 11.6. The molecular formula is C17H27N3O2S. The summed E-state index contributed by atoms with van der Waals surface area (Å²) in [6.07, 6.45) is 0.648. The molecule has 1 saturated heterocycles. The van der Waals surface area contributed by atoms with E-state index >= 15 is 0 Å². The van der Waals surface area contributed by atoms with Gasteiger partial charge in [0.25, 0.3) is 0 Å². The summed E-state index contributed by atoms with van der Waals surface area (Å²) in [4.78, 5) is 4.22. The predicted octanol–water partition coefficient (Wildman–Crippen LogP) is 1.78. The van der Waals surface area contributed by atoms with Gasteiger partial charge < -0.3 is 10.6 Å². The van der Waals surface area contributed by atoms with Crippen molar-refractivity contribution in [3.05, 3.63) is 35.9 Å². The third kappa shape index (κ3) is 5.23. The first-order chi connectivity index (χ1) is 10.9. The van der Waals surface area contributed by atoms with Crippen molar-refractivity contribution in [3.63, 3.8) is 0 Å². The average molecular weight is 337 g/mol. The van der Waals surface area contributed by atoms with Crippen molar-refractivity contribution in [1.82, 2.24) is 10.6 Å². The zero-order chi connectivity index (χ0) is 16.9. The minimum Gasteiger partial charge on any atom is -0.356 e. The lowest BCUT2D eigenvalue weighted by atomic mass is 9.88. The third-order valence-electron chi connectivity index (χ3n) is 4.32. The summed E-state index contributed by atoms with van der Waals surface area (Å²) in [5.41, 5.74) is 1.30. The second-order valence-corrected chi connectivity index (χ2v) is 8.69. The van der Waals surface area contributed by atoms with Crippen LogP contribution in [0.25, 0.3) is 0 Å². The molecule has 1 aliphatic rings. The Morgan fingerprint density at radius 3 is 2.52 bits per heavy atom. The Morgan fingerprint density at radius 1 is 1.30 bits per heavy atom. The fourth-order valence-corrected chi connectivity index (χ4v) is 4.62. The zero-order valence-electron chi connectivity index (χ0n) is 14.1. The summed E-state index contributed by atoms with van der Waals surface area (Å²) in [6, 6.07) is 10.4. The largest absolute Gasteiger partial charge is 0.356 e. The van der Waals surface area contributed by atoms with E-state index in [1.54, 1.807) is 7.05 Å². The topological polar surface area (TPSA) is 70.6 Å². The minimum atomic E-state index is -2.88. The highest BCUT2D eigenvalue weighted by molar-refractivity contribution is 7.91. The van der Waals surface area contributed by atoms with Gasteiger partial charge >= 0.3 is 0 Å². The molecule has 0 aromatic heterocycles. The molecule has 23 heavy (non-hydrogen) atoms. The van der Waals surface area contributed by atoms with Gasteiger partial charge in [-0.15, -0.1) is 0 Å². The maximum atomic E-state index is 11.6. The summed E-state index contributed by atoms with van der Waals surface area (Å²) < 4.78 is 23.1. The second kappa shape index (κ2) is 7.81. The molecule has 0 amide bonds. The molecule has 0 radical (unpaired) electrons. The van der Waals surface area contributed by atoms with Crippen LogP contribution < -0.4 is 10.6 Å². The van der Waals surface area contributed by atoms with Crippen molar-refractivity contribution in [2.45, 2.75) is 32.2 Å². The van der Waals surface area contributed by atoms with E-state index in [9.17, 15) is 8.42 Å². The van der Waals surface area contributed by atoms with E-state index in [0.717, 1.165) is 6.54 Å². The first kappa shape index (κ1) is 17.8. The Labute approximate surface area is 139 Å². The molecule has 5 nitrogen and oxygen atoms in total. The highest BCUT2D eigenvalue weighted by Crippen LogP contribution is 2.23. The molecule has 1 heterocycles. The molecule has 1 aromatic carbocycles. The van der Waals surface area contributed by atoms with E-state index in [-0.39, 0.29) is 17.5 Å². The van der Waals surface area contributed by atoms with Crippen molar-refractivity contribution in [2.75, 3.05) is 25.1 Å². The van der Waals surface area contributed by atoms with E-state index in [1.807, 2.05) is 6.07 Å². The number of hydrogen-bond donors (Lipinski definition) is 2. The SMILES string of the molecule is CN=C(NCC(c1ccccc1)C(C)C)NC1CCS(=O)(=O)C1. The molecular weight excluding hydrogens is 310 g/mol. The quantitative estimate of drug-likeness (QED) is 0.635. The van der Waals surface area contributed by atoms with Crippen LogP contribution in [0.15, 0.2) is 35.3 Å². The number of benzene rings is 1. The van der Waals surface area contributed by atoms with Gasteiger partial charge in [-0.1, -0.05) is 44.2 Å². The van der Waals surface area contributed by atoms with Gasteiger partial charge in [0.15, 0.2) is 15.8 Å². The molecule has 2 unspecified atom stereocenters. The Balaban J connectivity index is 1.94. The van der Waals surface area contributed by atoms with Crippen LogP contribution in [0.5, 0.6) is 0 Å². The van der Waals surface area contributed by atoms with Crippen LogP contribution in [-0.4, -0.2) is 45.5 Å². The molecule has 128 valence electrons. The number of nitrogens with zero attached hydrogens (tertiary/aromatic N) is 1. The molecule has 1 aromatic rings. The van der Waals surface area contributed by atoms with E-state index in [1.165, 1.54) is 5.56 Å². The maximum Gasteiger partial charge on any atom is 0.191 e. The number of hydrogen-bond acceptors (Lipinski definition) is 3. The Hall–Kier alpha value is -1.56. The van der Waals surface area contributed by atoms with E-state index in [4.69, 9.17) is 0 Å². The molecule has 1 fully saturated rings. The van der Waals surface area contributed by atoms with Crippen LogP contribution in [0.4, 0.5) is 0 Å². The van der Waals surface area contributed by atoms with Crippen LogP contribution in [0.1, 0.15) is 31.7 Å². The summed E-state index contributed by atoms with van der Waals surface area (Å²) in [5, 5.41) is 6.57. The normalized spacial score (nSPS) is 22.1. The monoisotopic (exact) mass is 337 g/mol.